The molecule has 1 aromatic heterocycles. The van der Waals surface area contributed by atoms with Gasteiger partial charge in [0.05, 0.1) is 11.6 Å². The van der Waals surface area contributed by atoms with Gasteiger partial charge < -0.3 is 10.0 Å². The van der Waals surface area contributed by atoms with Crippen molar-refractivity contribution < 1.29 is 24.7 Å². The van der Waals surface area contributed by atoms with Gasteiger partial charge >= 0.3 is 0 Å². The van der Waals surface area contributed by atoms with Crippen LogP contribution >= 0.6 is 0 Å². The van der Waals surface area contributed by atoms with E-state index in [4.69, 9.17) is 0 Å². The van der Waals surface area contributed by atoms with Gasteiger partial charge in [0, 0.05) is 18.0 Å². The molecular weight excluding hydrogens is 398 g/mol. The third kappa shape index (κ3) is 4.20. The van der Waals surface area contributed by atoms with Crippen molar-refractivity contribution in [1.82, 2.24) is 15.4 Å². The number of nitrogens with zero attached hydrogens (tertiary/aromatic N) is 2. The Labute approximate surface area is 180 Å². The van der Waals surface area contributed by atoms with Gasteiger partial charge in [-0.05, 0) is 36.6 Å². The number of rotatable bonds is 8. The van der Waals surface area contributed by atoms with Gasteiger partial charge in [-0.1, -0.05) is 44.0 Å². The van der Waals surface area contributed by atoms with Crippen LogP contribution < -0.4 is 5.48 Å². The van der Waals surface area contributed by atoms with Crippen LogP contribution in [-0.4, -0.2) is 43.8 Å². The number of unbranched alkanes of at least 4 members (excludes halogenated alkanes) is 1. The molecule has 3 rings (SSSR count). The fourth-order valence-corrected chi connectivity index (χ4v) is 3.90. The molecule has 2 heterocycles. The lowest BCUT2D eigenvalue weighted by Gasteiger charge is -2.33. The molecule has 0 fully saturated rings. The lowest BCUT2D eigenvalue weighted by molar-refractivity contribution is -0.144. The second-order valence-corrected chi connectivity index (χ2v) is 7.43. The number of ketones is 1. The number of Topliss-reactive ketones (excluding diaryl/α,β-unsaturated/α-hetero) is 1. The average Bonchev–Trinajstić information content (AvgIpc) is 3.05. The maximum absolute atomic E-state index is 13.3. The van der Waals surface area contributed by atoms with Gasteiger partial charge in [-0.25, -0.2) is 5.48 Å². The standard InChI is InChI=1S/C23H25N3O5/c1-3-4-9-17(22(29)25-31)26-19(16-8-6-5-7-14(16)2)18(21(28)23(26)30)20(27)15-10-12-24-13-11-15/h5-8,10-13,17,19,28,31H,3-4,9H2,1-2H3,(H,25,29). The van der Waals surface area contributed by atoms with Crippen molar-refractivity contribution in [3.05, 3.63) is 76.8 Å². The summed E-state index contributed by atoms with van der Waals surface area (Å²) in [6.45, 7) is 3.77. The molecule has 1 aliphatic heterocycles. The Hall–Kier alpha value is -3.52. The van der Waals surface area contributed by atoms with Gasteiger partial charge in [0.2, 0.25) is 0 Å². The Kier molecular flexibility index (Phi) is 6.81. The molecule has 2 unspecified atom stereocenters. The number of pyridine rings is 1. The number of hydrogen-bond donors (Lipinski definition) is 3. The van der Waals surface area contributed by atoms with Crippen LogP contribution in [-0.2, 0) is 9.59 Å². The lowest BCUT2D eigenvalue weighted by Crippen LogP contribution is -2.49. The number of benzene rings is 1. The molecule has 2 amide bonds. The van der Waals surface area contributed by atoms with E-state index in [9.17, 15) is 24.7 Å². The predicted molar refractivity (Wildman–Crippen MR) is 112 cm³/mol. The number of aromatic nitrogens is 1. The Morgan fingerprint density at radius 2 is 1.87 bits per heavy atom. The first kappa shape index (κ1) is 22.2. The number of aryl methyl sites for hydroxylation is 1. The van der Waals surface area contributed by atoms with E-state index >= 15 is 0 Å². The van der Waals surface area contributed by atoms with Crippen LogP contribution in [0, 0.1) is 6.92 Å². The number of nitrogens with one attached hydrogen (secondary N) is 1. The molecule has 31 heavy (non-hydrogen) atoms. The summed E-state index contributed by atoms with van der Waals surface area (Å²) < 4.78 is 0. The monoisotopic (exact) mass is 423 g/mol. The topological polar surface area (TPSA) is 120 Å². The Morgan fingerprint density at radius 3 is 2.48 bits per heavy atom. The highest BCUT2D eigenvalue weighted by Gasteiger charge is 2.48. The SMILES string of the molecule is CCCCC(C(=O)NO)N1C(=O)C(O)=C(C(=O)c2ccncc2)C1c1ccccc1C. The minimum Gasteiger partial charge on any atom is -0.503 e. The molecule has 162 valence electrons. The van der Waals surface area contributed by atoms with E-state index in [0.717, 1.165) is 12.0 Å². The van der Waals surface area contributed by atoms with Crippen molar-refractivity contribution in [2.45, 2.75) is 45.2 Å². The molecule has 8 nitrogen and oxygen atoms in total. The molecule has 2 atom stereocenters. The van der Waals surface area contributed by atoms with E-state index in [1.54, 1.807) is 17.6 Å². The zero-order valence-electron chi connectivity index (χ0n) is 17.4. The molecule has 0 bridgehead atoms. The van der Waals surface area contributed by atoms with Crippen molar-refractivity contribution in [3.8, 4) is 0 Å². The van der Waals surface area contributed by atoms with Crippen molar-refractivity contribution in [2.75, 3.05) is 0 Å². The smallest absolute Gasteiger partial charge is 0.290 e. The van der Waals surface area contributed by atoms with Crippen LogP contribution in [0.2, 0.25) is 0 Å². The Bertz CT molecular complexity index is 1020. The number of hydroxylamine groups is 1. The van der Waals surface area contributed by atoms with Crippen LogP contribution in [0.15, 0.2) is 60.1 Å². The average molecular weight is 423 g/mol. The molecule has 3 N–H and O–H groups in total. The van der Waals surface area contributed by atoms with Crippen molar-refractivity contribution in [1.29, 1.82) is 0 Å². The van der Waals surface area contributed by atoms with Gasteiger partial charge in [0.1, 0.15) is 6.04 Å². The first-order chi connectivity index (χ1) is 14.9. The summed E-state index contributed by atoms with van der Waals surface area (Å²) in [4.78, 5) is 44.1. The van der Waals surface area contributed by atoms with Gasteiger partial charge in [-0.3, -0.25) is 24.6 Å². The summed E-state index contributed by atoms with van der Waals surface area (Å²) in [5.41, 5.74) is 3.19. The minimum atomic E-state index is -1.06. The largest absolute Gasteiger partial charge is 0.503 e. The summed E-state index contributed by atoms with van der Waals surface area (Å²) in [5, 5.41) is 20.1. The van der Waals surface area contributed by atoms with E-state index in [2.05, 4.69) is 4.98 Å². The molecule has 0 aliphatic carbocycles. The van der Waals surface area contributed by atoms with Crippen molar-refractivity contribution >= 4 is 17.6 Å². The molecule has 2 aromatic rings. The number of aliphatic hydroxyl groups excluding tert-OH is 1. The number of carbonyl (C=O) groups excluding carboxylic acids is 3. The highest BCUT2D eigenvalue weighted by atomic mass is 16.5. The minimum absolute atomic E-state index is 0.0993. The summed E-state index contributed by atoms with van der Waals surface area (Å²) >= 11 is 0. The van der Waals surface area contributed by atoms with Crippen molar-refractivity contribution in [2.24, 2.45) is 0 Å². The zero-order chi connectivity index (χ0) is 22.5. The number of amides is 2. The molecule has 0 radical (unpaired) electrons. The molecular formula is C23H25N3O5. The van der Waals surface area contributed by atoms with Crippen molar-refractivity contribution in [3.63, 3.8) is 0 Å². The second kappa shape index (κ2) is 9.53. The fourth-order valence-electron chi connectivity index (χ4n) is 3.90. The molecule has 1 aliphatic rings. The van der Waals surface area contributed by atoms with E-state index in [0.29, 0.717) is 12.0 Å². The van der Waals surface area contributed by atoms with Gasteiger partial charge in [-0.2, -0.15) is 0 Å². The van der Waals surface area contributed by atoms with Crippen LogP contribution in [0.4, 0.5) is 0 Å². The van der Waals surface area contributed by atoms with E-state index < -0.39 is 35.4 Å². The number of aliphatic hydroxyl groups is 1. The molecule has 8 heteroatoms. The van der Waals surface area contributed by atoms with Crippen LogP contribution in [0.5, 0.6) is 0 Å². The van der Waals surface area contributed by atoms with E-state index in [1.807, 2.05) is 26.0 Å². The molecule has 1 aromatic carbocycles. The Morgan fingerprint density at radius 1 is 1.19 bits per heavy atom. The molecule has 0 spiro atoms. The van der Waals surface area contributed by atoms with Gasteiger partial charge in [-0.15, -0.1) is 0 Å². The third-order valence-corrected chi connectivity index (χ3v) is 5.49. The van der Waals surface area contributed by atoms with E-state index in [1.165, 1.54) is 29.4 Å². The maximum atomic E-state index is 13.3. The molecule has 0 saturated carbocycles. The quantitative estimate of drug-likeness (QED) is 0.341. The van der Waals surface area contributed by atoms with Crippen LogP contribution in [0.1, 0.15) is 53.7 Å². The number of carbonyl (C=O) groups is 3. The van der Waals surface area contributed by atoms with Crippen LogP contribution in [0.25, 0.3) is 0 Å². The summed E-state index contributed by atoms with van der Waals surface area (Å²) in [6.07, 6.45) is 4.53. The second-order valence-electron chi connectivity index (χ2n) is 7.43. The lowest BCUT2D eigenvalue weighted by atomic mass is 9.90. The fraction of sp³-hybridized carbons (Fsp3) is 0.304. The third-order valence-electron chi connectivity index (χ3n) is 5.49. The number of hydrogen-bond acceptors (Lipinski definition) is 6. The first-order valence-corrected chi connectivity index (χ1v) is 10.1. The zero-order valence-corrected chi connectivity index (χ0v) is 17.4. The summed E-state index contributed by atoms with van der Waals surface area (Å²) in [6, 6.07) is 8.13. The summed E-state index contributed by atoms with van der Waals surface area (Å²) in [7, 11) is 0. The normalized spacial score (nSPS) is 17.1. The highest BCUT2D eigenvalue weighted by molar-refractivity contribution is 6.16. The predicted octanol–water partition coefficient (Wildman–Crippen LogP) is 3.03. The Balaban J connectivity index is 2.18. The van der Waals surface area contributed by atoms with Gasteiger partial charge in [0.25, 0.3) is 11.8 Å². The van der Waals surface area contributed by atoms with E-state index in [-0.39, 0.29) is 17.6 Å². The maximum Gasteiger partial charge on any atom is 0.290 e. The summed E-state index contributed by atoms with van der Waals surface area (Å²) in [5.74, 6) is -2.81. The highest BCUT2D eigenvalue weighted by Crippen LogP contribution is 2.42. The first-order valence-electron chi connectivity index (χ1n) is 10.1. The van der Waals surface area contributed by atoms with Gasteiger partial charge in [0.15, 0.2) is 11.5 Å². The van der Waals surface area contributed by atoms with Crippen LogP contribution in [0.3, 0.4) is 0 Å². The molecule has 0 saturated heterocycles.